The maximum absolute atomic E-state index is 12.8. The first kappa shape index (κ1) is 24.6. The summed E-state index contributed by atoms with van der Waals surface area (Å²) in [5.74, 6) is -1.04. The number of anilines is 1. The number of halogens is 2. The van der Waals surface area contributed by atoms with Gasteiger partial charge in [-0.3, -0.25) is 18.7 Å². The van der Waals surface area contributed by atoms with E-state index in [0.717, 1.165) is 26.5 Å². The van der Waals surface area contributed by atoms with E-state index in [9.17, 15) is 19.5 Å². The van der Waals surface area contributed by atoms with E-state index in [-0.39, 0.29) is 22.3 Å². The van der Waals surface area contributed by atoms with Crippen LogP contribution in [0.1, 0.15) is 11.1 Å². The van der Waals surface area contributed by atoms with Gasteiger partial charge in [-0.25, -0.2) is 9.79 Å². The van der Waals surface area contributed by atoms with Crippen molar-refractivity contribution < 1.29 is 9.90 Å². The van der Waals surface area contributed by atoms with Gasteiger partial charge >= 0.3 is 5.69 Å². The monoisotopic (exact) mass is 506 g/mol. The van der Waals surface area contributed by atoms with Crippen LogP contribution in [-0.4, -0.2) is 30.9 Å². The summed E-state index contributed by atoms with van der Waals surface area (Å²) in [5.41, 5.74) is 0.233. The van der Waals surface area contributed by atoms with Crippen molar-refractivity contribution in [2.75, 3.05) is 11.1 Å². The lowest BCUT2D eigenvalue weighted by molar-refractivity contribution is -0.113. The summed E-state index contributed by atoms with van der Waals surface area (Å²) in [6.07, 6.45) is 0. The van der Waals surface area contributed by atoms with Gasteiger partial charge in [0.05, 0.1) is 11.4 Å². The van der Waals surface area contributed by atoms with Crippen LogP contribution in [-0.2, 0) is 18.9 Å². The van der Waals surface area contributed by atoms with Gasteiger partial charge in [-0.15, -0.1) is 0 Å². The molecule has 2 N–H and O–H groups in total. The third kappa shape index (κ3) is 5.68. The molecule has 0 aliphatic rings. The van der Waals surface area contributed by atoms with Crippen molar-refractivity contribution in [3.8, 4) is 5.88 Å². The van der Waals surface area contributed by atoms with E-state index in [1.807, 2.05) is 6.92 Å². The first-order chi connectivity index (χ1) is 15.6. The molecule has 11 heteroatoms. The van der Waals surface area contributed by atoms with Crippen molar-refractivity contribution in [1.82, 2.24) is 9.13 Å². The third-order valence-corrected chi connectivity index (χ3v) is 6.33. The second kappa shape index (κ2) is 10.3. The fourth-order valence-corrected chi connectivity index (χ4v) is 3.95. The van der Waals surface area contributed by atoms with E-state index >= 15 is 0 Å². The van der Waals surface area contributed by atoms with Gasteiger partial charge in [-0.2, -0.15) is 0 Å². The number of aromatic nitrogens is 2. The molecule has 0 bridgehead atoms. The Bertz CT molecular complexity index is 1360. The second-order valence-electron chi connectivity index (χ2n) is 7.10. The number of hydrogen-bond acceptors (Lipinski definition) is 6. The predicted molar refractivity (Wildman–Crippen MR) is 134 cm³/mol. The molecule has 0 aliphatic carbocycles. The molecule has 1 amide bonds. The second-order valence-corrected chi connectivity index (χ2v) is 8.91. The molecule has 172 valence electrons. The Hall–Kier alpha value is -3.01. The summed E-state index contributed by atoms with van der Waals surface area (Å²) in [6.45, 7) is 1.85. The summed E-state index contributed by atoms with van der Waals surface area (Å²) in [6, 6.07) is 11.6. The summed E-state index contributed by atoms with van der Waals surface area (Å²) in [4.78, 5) is 41.9. The summed E-state index contributed by atoms with van der Waals surface area (Å²) in [7, 11) is 2.63. The number of amides is 1. The molecule has 0 aliphatic heterocycles. The van der Waals surface area contributed by atoms with Crippen LogP contribution in [0.3, 0.4) is 0 Å². The highest BCUT2D eigenvalue weighted by Crippen LogP contribution is 2.25. The molecular formula is C22H20Cl2N4O4S. The number of aromatic hydroxyl groups is 1. The Morgan fingerprint density at radius 3 is 2.39 bits per heavy atom. The first-order valence-electron chi connectivity index (χ1n) is 9.61. The predicted octanol–water partition coefficient (Wildman–Crippen LogP) is 3.86. The number of benzene rings is 2. The quantitative estimate of drug-likeness (QED) is 0.403. The number of nitrogens with zero attached hydrogens (tertiary/aromatic N) is 3. The fraction of sp³-hybridized carbons (Fsp3) is 0.182. The lowest BCUT2D eigenvalue weighted by atomic mass is 10.2. The van der Waals surface area contributed by atoms with Gasteiger partial charge in [-0.05, 0) is 48.9 Å². The molecule has 0 spiro atoms. The number of nitrogens with one attached hydrogen (secondary N) is 1. The number of thioether (sulfide) groups is 1. The Morgan fingerprint density at radius 1 is 1.09 bits per heavy atom. The summed E-state index contributed by atoms with van der Waals surface area (Å²) >= 11 is 13.0. The standard InChI is InChI=1S/C22H20Cl2N4O4S/c1-12-4-7-15(10-16(12)24)25-17(29)11-33-19(26-14-8-5-13(23)6-9-14)18-20(30)27(2)22(32)28(3)21(18)31/h4-10,30H,11H2,1-3H3,(H,25,29). The minimum atomic E-state index is -0.735. The molecular weight excluding hydrogens is 487 g/mol. The van der Waals surface area contributed by atoms with Crippen molar-refractivity contribution in [3.05, 3.63) is 84.5 Å². The van der Waals surface area contributed by atoms with Gasteiger partial charge in [0.1, 0.15) is 10.6 Å². The summed E-state index contributed by atoms with van der Waals surface area (Å²) < 4.78 is 1.80. The van der Waals surface area contributed by atoms with Crippen molar-refractivity contribution >= 4 is 57.3 Å². The van der Waals surface area contributed by atoms with Gasteiger partial charge < -0.3 is 10.4 Å². The molecule has 0 fully saturated rings. The van der Waals surface area contributed by atoms with Crippen LogP contribution >= 0.6 is 35.0 Å². The Kier molecular flexibility index (Phi) is 7.68. The molecule has 2 aromatic carbocycles. The van der Waals surface area contributed by atoms with Crippen molar-refractivity contribution in [3.63, 3.8) is 0 Å². The number of hydrogen-bond donors (Lipinski definition) is 2. The highest BCUT2D eigenvalue weighted by Gasteiger charge is 2.22. The van der Waals surface area contributed by atoms with Gasteiger partial charge in [0.25, 0.3) is 5.56 Å². The van der Waals surface area contributed by atoms with E-state index in [1.165, 1.54) is 14.1 Å². The van der Waals surface area contributed by atoms with E-state index < -0.39 is 17.1 Å². The van der Waals surface area contributed by atoms with Crippen LogP contribution in [0.5, 0.6) is 5.88 Å². The molecule has 33 heavy (non-hydrogen) atoms. The molecule has 0 radical (unpaired) electrons. The molecule has 0 atom stereocenters. The van der Waals surface area contributed by atoms with E-state index in [4.69, 9.17) is 23.2 Å². The van der Waals surface area contributed by atoms with Crippen molar-refractivity contribution in [2.24, 2.45) is 19.1 Å². The summed E-state index contributed by atoms with van der Waals surface area (Å²) in [5, 5.41) is 14.4. The largest absolute Gasteiger partial charge is 0.494 e. The van der Waals surface area contributed by atoms with Crippen LogP contribution in [0.4, 0.5) is 11.4 Å². The van der Waals surface area contributed by atoms with Crippen molar-refractivity contribution in [2.45, 2.75) is 6.92 Å². The smallest absolute Gasteiger partial charge is 0.333 e. The molecule has 0 saturated heterocycles. The topological polar surface area (TPSA) is 106 Å². The fourth-order valence-electron chi connectivity index (χ4n) is 2.82. The zero-order valence-electron chi connectivity index (χ0n) is 17.9. The molecule has 1 aromatic heterocycles. The highest BCUT2D eigenvalue weighted by atomic mass is 35.5. The van der Waals surface area contributed by atoms with Crippen molar-refractivity contribution in [1.29, 1.82) is 0 Å². The zero-order valence-corrected chi connectivity index (χ0v) is 20.3. The molecule has 1 heterocycles. The minimum absolute atomic E-state index is 0.0723. The van der Waals surface area contributed by atoms with Gasteiger partial charge in [0.15, 0.2) is 0 Å². The maximum atomic E-state index is 12.8. The van der Waals surface area contributed by atoms with E-state index in [1.54, 1.807) is 42.5 Å². The lowest BCUT2D eigenvalue weighted by Gasteiger charge is -2.13. The molecule has 0 saturated carbocycles. The van der Waals surface area contributed by atoms with Gasteiger partial charge in [0, 0.05) is 29.8 Å². The minimum Gasteiger partial charge on any atom is -0.494 e. The highest BCUT2D eigenvalue weighted by molar-refractivity contribution is 8.15. The zero-order chi connectivity index (χ0) is 24.3. The molecule has 8 nitrogen and oxygen atoms in total. The Labute approximate surface area is 203 Å². The van der Waals surface area contributed by atoms with Crippen LogP contribution < -0.4 is 16.6 Å². The Balaban J connectivity index is 1.96. The SMILES string of the molecule is Cc1ccc(NC(=O)CSC(=Nc2ccc(Cl)cc2)c2c(O)n(C)c(=O)n(C)c2=O)cc1Cl. The lowest BCUT2D eigenvalue weighted by Crippen LogP contribution is -2.39. The normalized spacial score (nSPS) is 11.5. The third-order valence-electron chi connectivity index (χ3n) is 4.70. The molecule has 3 aromatic rings. The number of aryl methyl sites for hydroxylation is 1. The first-order valence-corrected chi connectivity index (χ1v) is 11.3. The Morgan fingerprint density at radius 2 is 1.76 bits per heavy atom. The van der Waals surface area contributed by atoms with Gasteiger partial charge in [0.2, 0.25) is 11.8 Å². The number of carbonyl (C=O) groups excluding carboxylic acids is 1. The van der Waals surface area contributed by atoms with Crippen LogP contribution in [0, 0.1) is 6.92 Å². The number of aliphatic imine (C=N–C) groups is 1. The van der Waals surface area contributed by atoms with E-state index in [2.05, 4.69) is 10.3 Å². The molecule has 3 rings (SSSR count). The number of carbonyl (C=O) groups is 1. The van der Waals surface area contributed by atoms with Crippen LogP contribution in [0.15, 0.2) is 57.0 Å². The number of rotatable bonds is 5. The average Bonchev–Trinajstić information content (AvgIpc) is 2.78. The average molecular weight is 507 g/mol. The van der Waals surface area contributed by atoms with Gasteiger partial charge in [-0.1, -0.05) is 41.0 Å². The molecule has 0 unspecified atom stereocenters. The maximum Gasteiger partial charge on any atom is 0.333 e. The van der Waals surface area contributed by atoms with Crippen LogP contribution in [0.25, 0.3) is 0 Å². The van der Waals surface area contributed by atoms with Crippen LogP contribution in [0.2, 0.25) is 10.0 Å². The van der Waals surface area contributed by atoms with E-state index in [0.29, 0.717) is 21.4 Å².